The van der Waals surface area contributed by atoms with Crippen molar-refractivity contribution in [3.8, 4) is 0 Å². The fourth-order valence-electron chi connectivity index (χ4n) is 9.77. The molecule has 0 spiro atoms. The van der Waals surface area contributed by atoms with Crippen LogP contribution in [-0.2, 0) is 27.5 Å². The van der Waals surface area contributed by atoms with E-state index < -0.39 is 30.6 Å². The first-order chi connectivity index (χ1) is 23.9. The zero-order valence-corrected chi connectivity index (χ0v) is 41.7. The first kappa shape index (κ1) is 43.9. The number of carbonyl (C=O) groups is 1. The molecule has 0 aromatic rings. The van der Waals surface area contributed by atoms with E-state index in [1.165, 1.54) is 4.48 Å². The molecule has 12 atom stereocenters. The molecule has 3 aliphatic carbocycles. The summed E-state index contributed by atoms with van der Waals surface area (Å²) in [6, 6.07) is 0. The lowest BCUT2D eigenvalue weighted by molar-refractivity contribution is -0.144. The average Bonchev–Trinajstić information content (AvgIpc) is 3.47. The van der Waals surface area contributed by atoms with Crippen LogP contribution in [0.3, 0.4) is 0 Å². The Morgan fingerprint density at radius 2 is 1.36 bits per heavy atom. The third-order valence-electron chi connectivity index (χ3n) is 16.1. The van der Waals surface area contributed by atoms with Gasteiger partial charge in [-0.1, -0.05) is 98.2 Å². The maximum Gasteiger partial charge on any atom is 0.337 e. The molecule has 0 unspecified atom stereocenters. The minimum atomic E-state index is -2.19. The molecule has 304 valence electrons. The summed E-state index contributed by atoms with van der Waals surface area (Å²) in [5.74, 6) is 1.81. The quantitative estimate of drug-likeness (QED) is 0.179. The van der Waals surface area contributed by atoms with Crippen LogP contribution < -0.4 is 0 Å². The predicted molar refractivity (Wildman–Crippen MR) is 229 cm³/mol. The van der Waals surface area contributed by atoms with E-state index >= 15 is 0 Å². The summed E-state index contributed by atoms with van der Waals surface area (Å²) < 4.78 is 37.0. The fourth-order valence-corrected chi connectivity index (χ4v) is 14.8. The molecule has 2 bridgehead atoms. The van der Waals surface area contributed by atoms with Gasteiger partial charge < -0.3 is 22.8 Å². The zero-order chi connectivity index (χ0) is 40.2. The third kappa shape index (κ3) is 7.61. The molecule has 3 fully saturated rings. The van der Waals surface area contributed by atoms with Gasteiger partial charge in [-0.3, -0.25) is 0 Å². The van der Waals surface area contributed by atoms with E-state index in [1.807, 2.05) is 6.92 Å². The van der Waals surface area contributed by atoms with Gasteiger partial charge in [-0.2, -0.15) is 0 Å². The highest BCUT2D eigenvalue weighted by atomic mass is 79.9. The van der Waals surface area contributed by atoms with Crippen LogP contribution >= 0.6 is 15.9 Å². The Morgan fingerprint density at radius 3 is 1.87 bits per heavy atom. The van der Waals surface area contributed by atoms with Gasteiger partial charge in [0.2, 0.25) is 0 Å². The number of halogens is 1. The van der Waals surface area contributed by atoms with Crippen molar-refractivity contribution in [2.75, 3.05) is 6.61 Å². The van der Waals surface area contributed by atoms with Gasteiger partial charge in [0, 0.05) is 29.6 Å². The molecule has 53 heavy (non-hydrogen) atoms. The summed E-state index contributed by atoms with van der Waals surface area (Å²) in [6.45, 7) is 44.5. The molecule has 0 aromatic carbocycles. The average molecular weight is 854 g/mol. The second-order valence-electron chi connectivity index (χ2n) is 22.5. The van der Waals surface area contributed by atoms with Crippen LogP contribution in [0.5, 0.6) is 0 Å². The maximum atomic E-state index is 14.6. The van der Waals surface area contributed by atoms with Gasteiger partial charge in [0.05, 0.1) is 30.5 Å². The van der Waals surface area contributed by atoms with Crippen molar-refractivity contribution in [3.63, 3.8) is 0 Å². The van der Waals surface area contributed by atoms with Gasteiger partial charge in [0.1, 0.15) is 11.4 Å². The monoisotopic (exact) mass is 852 g/mol. The lowest BCUT2D eigenvalue weighted by Gasteiger charge is -2.49. The van der Waals surface area contributed by atoms with Crippen molar-refractivity contribution < 1.29 is 27.5 Å². The van der Waals surface area contributed by atoms with E-state index in [9.17, 15) is 4.79 Å². The maximum absolute atomic E-state index is 14.6. The molecule has 6 nitrogen and oxygen atoms in total. The Bertz CT molecular complexity index is 1470. The Hall–Kier alpha value is -0.239. The molecule has 5 aliphatic rings. The lowest BCUT2D eigenvalue weighted by atomic mass is 9.64. The van der Waals surface area contributed by atoms with Crippen LogP contribution in [0.4, 0.5) is 0 Å². The van der Waals surface area contributed by atoms with E-state index in [-0.39, 0.29) is 86.7 Å². The second kappa shape index (κ2) is 14.2. The fraction of sp³-hybridized carbons (Fsp3) is 0.884. The van der Waals surface area contributed by atoms with E-state index in [0.717, 1.165) is 30.6 Å². The Balaban J connectivity index is 1.70. The largest absolute Gasteiger partial charge is 0.491 e. The molecular weight excluding hydrogens is 777 g/mol. The summed E-state index contributed by atoms with van der Waals surface area (Å²) >= 11 is 4.21. The van der Waals surface area contributed by atoms with Crippen molar-refractivity contribution in [1.29, 1.82) is 0 Å². The first-order valence-corrected chi connectivity index (χ1v) is 30.4. The smallest absolute Gasteiger partial charge is 0.337 e. The SMILES string of the molecule is CCOC(=O)C1=C2O[C@@](C)(CC[C@H](O[Si](C)(C)C(C)(C)C)[C@H]2C)[C@@H]2C[C@H]3C(Br)=C[C@H]4[C@@H](O[Si](C)(C)C(C)(C)C)[C@H](C)[C@@H](O[Si](C)(C)C(C)(C)C)[C@@H]4[C@H]3[C@H]12. The molecule has 2 saturated carbocycles. The summed E-state index contributed by atoms with van der Waals surface area (Å²) in [6.07, 6.45) is 5.38. The van der Waals surface area contributed by atoms with Gasteiger partial charge in [-0.05, 0) is 110 Å². The number of fused-ring (bicyclic) bond motifs is 8. The summed E-state index contributed by atoms with van der Waals surface area (Å²) in [7, 11) is -6.43. The van der Waals surface area contributed by atoms with Crippen LogP contribution in [0.1, 0.15) is 109 Å². The number of allylic oxidation sites excluding steroid dienone is 1. The van der Waals surface area contributed by atoms with E-state index in [1.54, 1.807) is 0 Å². The predicted octanol–water partition coefficient (Wildman–Crippen LogP) is 12.2. The van der Waals surface area contributed by atoms with Gasteiger partial charge >= 0.3 is 5.97 Å². The molecule has 0 aromatic heterocycles. The van der Waals surface area contributed by atoms with Gasteiger partial charge in [0.25, 0.3) is 0 Å². The molecule has 1 saturated heterocycles. The molecule has 0 N–H and O–H groups in total. The highest BCUT2D eigenvalue weighted by Gasteiger charge is 2.67. The number of rotatable bonds is 8. The van der Waals surface area contributed by atoms with Crippen LogP contribution in [0.25, 0.3) is 0 Å². The molecular formula is C43H77BrO6Si3. The second-order valence-corrected chi connectivity index (χ2v) is 37.6. The molecule has 2 aliphatic heterocycles. The molecule has 0 amide bonds. The number of esters is 1. The Kier molecular flexibility index (Phi) is 11.8. The van der Waals surface area contributed by atoms with E-state index in [4.69, 9.17) is 22.8 Å². The van der Waals surface area contributed by atoms with Crippen molar-refractivity contribution >= 4 is 46.9 Å². The van der Waals surface area contributed by atoms with Crippen molar-refractivity contribution in [2.24, 2.45) is 47.3 Å². The van der Waals surface area contributed by atoms with Crippen molar-refractivity contribution in [1.82, 2.24) is 0 Å². The Morgan fingerprint density at radius 1 is 0.849 bits per heavy atom. The van der Waals surface area contributed by atoms with Gasteiger partial charge in [0.15, 0.2) is 25.0 Å². The number of ether oxygens (including phenoxy) is 2. The lowest BCUT2D eigenvalue weighted by Crippen LogP contribution is -2.51. The standard InChI is InChI=1S/C43H77BrO6Si3/c1-20-46-39(45)35-34-29(43(13)22-21-31(25(2)37(35)47-43)48-51(14,15)40(4,5)6)23-27-30(44)24-28-33(32(27)34)38(50-53(18,19)42(10,11)12)26(3)36(28)49-52(16,17)41(7,8)9/h24-29,31-34,36,38H,20-23H2,1-19H3/t25-,26+,27+,28-,29-,31+,32+,33+,34-,36+,38-,43+/m1/s1. The van der Waals surface area contributed by atoms with Crippen LogP contribution in [0.15, 0.2) is 21.9 Å². The van der Waals surface area contributed by atoms with E-state index in [0.29, 0.717) is 6.61 Å². The topological polar surface area (TPSA) is 63.2 Å². The Labute approximate surface area is 336 Å². The number of hydrogen-bond donors (Lipinski definition) is 0. The summed E-state index contributed by atoms with van der Waals surface area (Å²) in [4.78, 5) is 14.6. The van der Waals surface area contributed by atoms with Crippen LogP contribution in [0.2, 0.25) is 54.4 Å². The molecule has 0 radical (unpaired) electrons. The highest BCUT2D eigenvalue weighted by molar-refractivity contribution is 9.11. The van der Waals surface area contributed by atoms with Gasteiger partial charge in [-0.15, -0.1) is 0 Å². The van der Waals surface area contributed by atoms with Crippen molar-refractivity contribution in [2.45, 2.75) is 188 Å². The minimum absolute atomic E-state index is 0.0000388. The minimum Gasteiger partial charge on any atom is -0.491 e. The van der Waals surface area contributed by atoms with Crippen LogP contribution in [0, 0.1) is 47.3 Å². The molecule has 10 heteroatoms. The highest BCUT2D eigenvalue weighted by Crippen LogP contribution is 2.67. The van der Waals surface area contributed by atoms with E-state index in [2.05, 4.69) is 144 Å². The number of hydrogen-bond acceptors (Lipinski definition) is 6. The molecule has 5 rings (SSSR count). The summed E-state index contributed by atoms with van der Waals surface area (Å²) in [5.41, 5.74) is 0.376. The van der Waals surface area contributed by atoms with Gasteiger partial charge in [-0.25, -0.2) is 4.79 Å². The third-order valence-corrected chi connectivity index (χ3v) is 30.4. The zero-order valence-electron chi connectivity index (χ0n) is 37.1. The molecule has 2 heterocycles. The van der Waals surface area contributed by atoms with Crippen molar-refractivity contribution in [3.05, 3.63) is 21.9 Å². The van der Waals surface area contributed by atoms with Crippen LogP contribution in [-0.4, -0.2) is 61.4 Å². The first-order valence-electron chi connectivity index (χ1n) is 20.9. The number of carbonyl (C=O) groups excluding carboxylic acids is 1. The summed E-state index contributed by atoms with van der Waals surface area (Å²) in [5, 5.41) is 0.234. The normalized spacial score (nSPS) is 38.0.